The number of carbonyl (C=O) groups is 4. The number of carbonyl (C=O) groups excluding carboxylic acids is 4. The van der Waals surface area contributed by atoms with Gasteiger partial charge in [-0.1, -0.05) is 65.3 Å². The average molecular weight is 918 g/mol. The SMILES string of the molecule is C=CC[C@@H]1C=C(C)C[C@H](C)C[C@H](OC)[C@H]2O[C@@](O)(C(=O)C(=O)N3CCCC[C@H]3C(=O)O[C@H](/C(C)=C/[C@@H]3CC[C@@H](O[Si](C)(C)C(C)(C)C)[C@H](OC)C3)[C@H](C)[C@@H](O)CC1=O)[C@H](C)C[C@@H]2OC. The van der Waals surface area contributed by atoms with E-state index in [2.05, 4.69) is 53.4 Å². The number of amides is 1. The molecule has 0 aromatic rings. The number of aliphatic hydroxyl groups excluding tert-OH is 1. The largest absolute Gasteiger partial charge is 0.456 e. The first kappa shape index (κ1) is 54.0. The Hall–Kier alpha value is -2.56. The molecule has 2 saturated heterocycles. The highest BCUT2D eigenvalue weighted by Crippen LogP contribution is 2.42. The van der Waals surface area contributed by atoms with Gasteiger partial charge in [-0.25, -0.2) is 4.79 Å². The second-order valence-corrected chi connectivity index (χ2v) is 25.9. The maximum absolute atomic E-state index is 14.5. The number of hydrogen-bond acceptors (Lipinski definition) is 12. The first-order chi connectivity index (χ1) is 29.9. The van der Waals surface area contributed by atoms with Gasteiger partial charge in [-0.3, -0.25) is 14.4 Å². The highest BCUT2D eigenvalue weighted by molar-refractivity contribution is 6.74. The molecule has 3 fully saturated rings. The van der Waals surface area contributed by atoms with Crippen molar-refractivity contribution in [3.63, 3.8) is 0 Å². The summed E-state index contributed by atoms with van der Waals surface area (Å²) in [5.74, 6) is -7.61. The van der Waals surface area contributed by atoms with Crippen LogP contribution in [-0.4, -0.2) is 129 Å². The minimum atomic E-state index is -2.51. The number of Topliss-reactive ketones (excluding diaryl/α,β-unsaturated/α-hetero) is 2. The summed E-state index contributed by atoms with van der Waals surface area (Å²) in [6, 6.07) is -1.14. The molecule has 2 N–H and O–H groups in total. The van der Waals surface area contributed by atoms with E-state index in [4.69, 9.17) is 28.1 Å². The molecule has 1 amide bonds. The number of fused-ring (bicyclic) bond motifs is 3. The van der Waals surface area contributed by atoms with E-state index in [-0.39, 0.29) is 60.7 Å². The fourth-order valence-electron chi connectivity index (χ4n) is 10.1. The monoisotopic (exact) mass is 918 g/mol. The summed E-state index contributed by atoms with van der Waals surface area (Å²) in [7, 11) is 2.71. The molecular weight excluding hydrogens is 835 g/mol. The highest BCUT2D eigenvalue weighted by Gasteiger charge is 2.57. The molecule has 3 heterocycles. The summed E-state index contributed by atoms with van der Waals surface area (Å²) in [4.78, 5) is 58.5. The standard InChI is InChI=1S/C50H83NO12Si/c1-15-18-36-24-30(2)23-31(3)25-42(59-11)45-43(60-12)27-33(5)50(57,62-45)46(54)47(55)51-22-17-16-19-37(51)48(56)61-44(34(6)38(52)29-39(36)53)32(4)26-35-20-21-40(41(28-35)58-10)63-64(13,14)49(7,8)9/h15,24,26,31,33-38,40-45,52,57H,1,16-23,25,27-29H2,2-14H3/b30-24?,32-26+/t31-,33+,34+,35-,36+,37-,38-,40+,41+,42-,43-,44+,45+,50+/m0/s1. The third kappa shape index (κ3) is 12.9. The molecule has 0 spiro atoms. The number of piperidine rings is 1. The lowest BCUT2D eigenvalue weighted by Crippen LogP contribution is -2.64. The number of cyclic esters (lactones) is 1. The molecule has 3 aliphatic heterocycles. The van der Waals surface area contributed by atoms with E-state index in [0.717, 1.165) is 18.4 Å². The number of rotatable bonds is 9. The van der Waals surface area contributed by atoms with Crippen LogP contribution >= 0.6 is 0 Å². The smallest absolute Gasteiger partial charge is 0.329 e. The zero-order chi connectivity index (χ0) is 47.9. The summed E-state index contributed by atoms with van der Waals surface area (Å²) in [5, 5.41) is 24.1. The second kappa shape index (κ2) is 23.0. The van der Waals surface area contributed by atoms with Crippen molar-refractivity contribution in [1.82, 2.24) is 4.90 Å². The summed E-state index contributed by atoms with van der Waals surface area (Å²) in [5.41, 5.74) is 1.67. The Kier molecular flexibility index (Phi) is 19.4. The minimum absolute atomic E-state index is 0.0120. The predicted octanol–water partition coefficient (Wildman–Crippen LogP) is 7.67. The van der Waals surface area contributed by atoms with Crippen molar-refractivity contribution in [2.45, 2.75) is 199 Å². The van der Waals surface area contributed by atoms with Crippen molar-refractivity contribution >= 4 is 31.8 Å². The van der Waals surface area contributed by atoms with E-state index >= 15 is 0 Å². The van der Waals surface area contributed by atoms with Gasteiger partial charge in [0.05, 0.1) is 30.5 Å². The maximum Gasteiger partial charge on any atom is 0.329 e. The Morgan fingerprint density at radius 2 is 1.58 bits per heavy atom. The van der Waals surface area contributed by atoms with Gasteiger partial charge in [0.15, 0.2) is 8.32 Å². The number of hydrogen-bond donors (Lipinski definition) is 2. The van der Waals surface area contributed by atoms with Crippen LogP contribution < -0.4 is 0 Å². The predicted molar refractivity (Wildman–Crippen MR) is 249 cm³/mol. The van der Waals surface area contributed by atoms with Crippen molar-refractivity contribution in [2.75, 3.05) is 27.9 Å². The molecule has 64 heavy (non-hydrogen) atoms. The van der Waals surface area contributed by atoms with Crippen molar-refractivity contribution in [2.24, 2.45) is 29.6 Å². The van der Waals surface area contributed by atoms with Gasteiger partial charge in [-0.05, 0) is 114 Å². The molecule has 14 atom stereocenters. The van der Waals surface area contributed by atoms with Crippen LogP contribution in [0.15, 0.2) is 36.0 Å². The molecule has 14 heteroatoms. The van der Waals surface area contributed by atoms with E-state index in [1.165, 1.54) is 19.1 Å². The van der Waals surface area contributed by atoms with Crippen LogP contribution in [0.1, 0.15) is 126 Å². The number of esters is 1. The zero-order valence-corrected chi connectivity index (χ0v) is 42.4. The van der Waals surface area contributed by atoms with Gasteiger partial charge in [-0.15, -0.1) is 6.58 Å². The molecular formula is C50H83NO12Si. The summed E-state index contributed by atoms with van der Waals surface area (Å²) in [6.45, 7) is 24.5. The molecule has 2 bridgehead atoms. The molecule has 1 saturated carbocycles. The number of nitrogens with zero attached hydrogens (tertiary/aromatic N) is 1. The van der Waals surface area contributed by atoms with Crippen LogP contribution in [0.5, 0.6) is 0 Å². The molecule has 4 aliphatic rings. The minimum Gasteiger partial charge on any atom is -0.456 e. The normalized spacial score (nSPS) is 37.5. The molecule has 1 aliphatic carbocycles. The first-order valence-electron chi connectivity index (χ1n) is 23.8. The molecule has 0 radical (unpaired) electrons. The Morgan fingerprint density at radius 1 is 0.938 bits per heavy atom. The summed E-state index contributed by atoms with van der Waals surface area (Å²) in [6.07, 6.45) is 6.46. The van der Waals surface area contributed by atoms with Gasteiger partial charge in [-0.2, -0.15) is 0 Å². The van der Waals surface area contributed by atoms with Crippen LogP contribution in [0, 0.1) is 29.6 Å². The Labute approximate surface area is 385 Å². The Morgan fingerprint density at radius 3 is 2.19 bits per heavy atom. The lowest BCUT2D eigenvalue weighted by Gasteiger charge is -2.47. The maximum atomic E-state index is 14.5. The van der Waals surface area contributed by atoms with Gasteiger partial charge in [0.2, 0.25) is 5.79 Å². The quantitative estimate of drug-likeness (QED) is 0.100. The van der Waals surface area contributed by atoms with E-state index < -0.39 is 86.1 Å². The van der Waals surface area contributed by atoms with Gasteiger partial charge in [0.1, 0.15) is 24.0 Å². The zero-order valence-electron chi connectivity index (χ0n) is 41.4. The molecule has 0 aromatic carbocycles. The molecule has 13 nitrogen and oxygen atoms in total. The van der Waals surface area contributed by atoms with E-state index in [9.17, 15) is 29.4 Å². The number of methoxy groups -OCH3 is 3. The van der Waals surface area contributed by atoms with Gasteiger partial charge in [0, 0.05) is 52.0 Å². The lowest BCUT2D eigenvalue weighted by atomic mass is 9.81. The Bertz CT molecular complexity index is 1690. The van der Waals surface area contributed by atoms with Crippen LogP contribution in [-0.2, 0) is 47.3 Å². The summed E-state index contributed by atoms with van der Waals surface area (Å²) < 4.78 is 37.3. The van der Waals surface area contributed by atoms with Crippen LogP contribution in [0.3, 0.4) is 0 Å². The first-order valence-corrected chi connectivity index (χ1v) is 26.7. The van der Waals surface area contributed by atoms with E-state index in [0.29, 0.717) is 44.1 Å². The van der Waals surface area contributed by atoms with Crippen molar-refractivity contribution < 1.29 is 57.5 Å². The Balaban J connectivity index is 1.75. The number of allylic oxidation sites excluding steroid dienone is 4. The fraction of sp³-hybridized carbons (Fsp3) is 0.800. The molecule has 364 valence electrons. The van der Waals surface area contributed by atoms with Gasteiger partial charge < -0.3 is 43.2 Å². The fourth-order valence-corrected chi connectivity index (χ4v) is 11.5. The highest BCUT2D eigenvalue weighted by atomic mass is 28.4. The summed E-state index contributed by atoms with van der Waals surface area (Å²) >= 11 is 0. The third-order valence-electron chi connectivity index (χ3n) is 15.1. The van der Waals surface area contributed by atoms with Crippen LogP contribution in [0.2, 0.25) is 18.1 Å². The second-order valence-electron chi connectivity index (χ2n) is 21.1. The average Bonchev–Trinajstić information content (AvgIpc) is 3.23. The number of ether oxygens (including phenoxy) is 5. The number of ketones is 2. The van der Waals surface area contributed by atoms with Crippen molar-refractivity contribution in [1.29, 1.82) is 0 Å². The molecule has 0 unspecified atom stereocenters. The number of aliphatic hydroxyl groups is 2. The topological polar surface area (TPSA) is 167 Å². The van der Waals surface area contributed by atoms with Crippen LogP contribution in [0.25, 0.3) is 0 Å². The van der Waals surface area contributed by atoms with E-state index in [1.54, 1.807) is 27.0 Å². The van der Waals surface area contributed by atoms with Crippen molar-refractivity contribution in [3.8, 4) is 0 Å². The van der Waals surface area contributed by atoms with Crippen molar-refractivity contribution in [3.05, 3.63) is 36.0 Å². The van der Waals surface area contributed by atoms with Crippen LogP contribution in [0.4, 0.5) is 0 Å². The van der Waals surface area contributed by atoms with Gasteiger partial charge in [0.25, 0.3) is 11.7 Å². The van der Waals surface area contributed by atoms with Gasteiger partial charge >= 0.3 is 5.97 Å². The molecule has 0 aromatic heterocycles. The van der Waals surface area contributed by atoms with E-state index in [1.807, 2.05) is 19.9 Å². The third-order valence-corrected chi connectivity index (χ3v) is 19.6. The lowest BCUT2D eigenvalue weighted by molar-refractivity contribution is -0.302. The molecule has 4 rings (SSSR count).